The first-order valence-electron chi connectivity index (χ1n) is 3.50. The average molecular weight is 140 g/mol. The molecule has 0 atom stereocenters. The van der Waals surface area contributed by atoms with Crippen molar-refractivity contribution in [1.82, 2.24) is 0 Å². The SMILES string of the molecule is C/C=C(\C=C\O)C(C)(C)C. The highest BCUT2D eigenvalue weighted by molar-refractivity contribution is 5.22. The molecule has 0 aromatic heterocycles. The molecular weight excluding hydrogens is 124 g/mol. The van der Waals surface area contributed by atoms with Crippen molar-refractivity contribution < 1.29 is 5.11 Å². The van der Waals surface area contributed by atoms with Crippen molar-refractivity contribution in [3.05, 3.63) is 24.0 Å². The Morgan fingerprint density at radius 1 is 1.30 bits per heavy atom. The van der Waals surface area contributed by atoms with Gasteiger partial charge in [-0.2, -0.15) is 0 Å². The molecule has 58 valence electrons. The Balaban J connectivity index is 4.39. The Bertz CT molecular complexity index is 147. The summed E-state index contributed by atoms with van der Waals surface area (Å²) >= 11 is 0. The van der Waals surface area contributed by atoms with Gasteiger partial charge in [0.1, 0.15) is 0 Å². The van der Waals surface area contributed by atoms with Crippen LogP contribution in [0.4, 0.5) is 0 Å². The number of hydrogen-bond acceptors (Lipinski definition) is 1. The Kier molecular flexibility index (Phi) is 3.20. The standard InChI is InChI=1S/C9H16O/c1-5-8(6-7-10)9(2,3)4/h5-7,10H,1-4H3/b7-6+,8-5+. The minimum absolute atomic E-state index is 0.133. The van der Waals surface area contributed by atoms with Crippen LogP contribution >= 0.6 is 0 Å². The molecule has 1 N–H and O–H groups in total. The fraction of sp³-hybridized carbons (Fsp3) is 0.556. The van der Waals surface area contributed by atoms with Crippen molar-refractivity contribution in [2.75, 3.05) is 0 Å². The van der Waals surface area contributed by atoms with Gasteiger partial charge in [-0.1, -0.05) is 26.8 Å². The van der Waals surface area contributed by atoms with Crippen molar-refractivity contribution >= 4 is 0 Å². The second-order valence-electron chi connectivity index (χ2n) is 3.31. The third-order valence-corrected chi connectivity index (χ3v) is 1.43. The lowest BCUT2D eigenvalue weighted by atomic mass is 9.86. The van der Waals surface area contributed by atoms with Gasteiger partial charge in [0.15, 0.2) is 0 Å². The minimum Gasteiger partial charge on any atom is -0.516 e. The Labute approximate surface area is 63.1 Å². The zero-order chi connectivity index (χ0) is 8.20. The fourth-order valence-electron chi connectivity index (χ4n) is 0.860. The summed E-state index contributed by atoms with van der Waals surface area (Å²) in [5.41, 5.74) is 1.28. The van der Waals surface area contributed by atoms with E-state index in [9.17, 15) is 0 Å². The molecule has 0 aromatic rings. The summed E-state index contributed by atoms with van der Waals surface area (Å²) in [6.07, 6.45) is 4.81. The molecule has 0 aliphatic carbocycles. The molecule has 1 heteroatoms. The van der Waals surface area contributed by atoms with Crippen LogP contribution in [-0.2, 0) is 0 Å². The maximum absolute atomic E-state index is 8.51. The fourth-order valence-corrected chi connectivity index (χ4v) is 0.860. The van der Waals surface area contributed by atoms with Crippen LogP contribution in [0.2, 0.25) is 0 Å². The molecule has 0 rings (SSSR count). The zero-order valence-electron chi connectivity index (χ0n) is 7.18. The van der Waals surface area contributed by atoms with Crippen LogP contribution in [0.15, 0.2) is 24.0 Å². The third-order valence-electron chi connectivity index (χ3n) is 1.43. The van der Waals surface area contributed by atoms with E-state index in [1.54, 1.807) is 6.08 Å². The molecule has 0 saturated carbocycles. The third kappa shape index (κ3) is 2.72. The normalized spacial score (nSPS) is 14.6. The molecule has 0 heterocycles. The van der Waals surface area contributed by atoms with E-state index in [-0.39, 0.29) is 5.41 Å². The predicted octanol–water partition coefficient (Wildman–Crippen LogP) is 3.05. The highest BCUT2D eigenvalue weighted by atomic mass is 16.2. The van der Waals surface area contributed by atoms with E-state index in [0.29, 0.717) is 0 Å². The van der Waals surface area contributed by atoms with E-state index in [1.807, 2.05) is 13.0 Å². The summed E-state index contributed by atoms with van der Waals surface area (Å²) in [6.45, 7) is 8.31. The van der Waals surface area contributed by atoms with Gasteiger partial charge in [-0.25, -0.2) is 0 Å². The summed E-state index contributed by atoms with van der Waals surface area (Å²) in [6, 6.07) is 0. The quantitative estimate of drug-likeness (QED) is 0.438. The first kappa shape index (κ1) is 9.28. The Morgan fingerprint density at radius 3 is 1.90 bits per heavy atom. The summed E-state index contributed by atoms with van der Waals surface area (Å²) in [5.74, 6) is 0. The minimum atomic E-state index is 0.133. The summed E-state index contributed by atoms with van der Waals surface area (Å²) in [4.78, 5) is 0. The molecule has 0 saturated heterocycles. The van der Waals surface area contributed by atoms with Gasteiger partial charge >= 0.3 is 0 Å². The van der Waals surface area contributed by atoms with Crippen molar-refractivity contribution in [3.63, 3.8) is 0 Å². The van der Waals surface area contributed by atoms with Gasteiger partial charge in [-0.05, 0) is 24.0 Å². The Morgan fingerprint density at radius 2 is 1.80 bits per heavy atom. The number of rotatable bonds is 1. The second-order valence-corrected chi connectivity index (χ2v) is 3.31. The highest BCUT2D eigenvalue weighted by Crippen LogP contribution is 2.25. The average Bonchev–Trinajstić information content (AvgIpc) is 1.80. The van der Waals surface area contributed by atoms with Gasteiger partial charge in [0.2, 0.25) is 0 Å². The molecule has 0 radical (unpaired) electrons. The molecule has 0 unspecified atom stereocenters. The van der Waals surface area contributed by atoms with Crippen LogP contribution in [0, 0.1) is 5.41 Å². The molecule has 0 fully saturated rings. The van der Waals surface area contributed by atoms with Gasteiger partial charge in [0, 0.05) is 0 Å². The predicted molar refractivity (Wildman–Crippen MR) is 45.0 cm³/mol. The van der Waals surface area contributed by atoms with Crippen LogP contribution < -0.4 is 0 Å². The van der Waals surface area contributed by atoms with Gasteiger partial charge in [-0.15, -0.1) is 0 Å². The molecule has 0 spiro atoms. The van der Waals surface area contributed by atoms with Crippen molar-refractivity contribution in [2.24, 2.45) is 5.41 Å². The number of aliphatic hydroxyl groups excluding tert-OH is 1. The zero-order valence-corrected chi connectivity index (χ0v) is 7.18. The molecule has 0 aliphatic heterocycles. The second kappa shape index (κ2) is 3.45. The summed E-state index contributed by atoms with van der Waals surface area (Å²) in [7, 11) is 0. The highest BCUT2D eigenvalue weighted by Gasteiger charge is 2.12. The van der Waals surface area contributed by atoms with E-state index in [0.717, 1.165) is 11.8 Å². The van der Waals surface area contributed by atoms with Crippen LogP contribution in [0.25, 0.3) is 0 Å². The molecule has 0 aromatic carbocycles. The number of aliphatic hydroxyl groups is 1. The van der Waals surface area contributed by atoms with Gasteiger partial charge in [-0.3, -0.25) is 0 Å². The van der Waals surface area contributed by atoms with E-state index < -0.39 is 0 Å². The van der Waals surface area contributed by atoms with Gasteiger partial charge in [0.05, 0.1) is 6.26 Å². The lowest BCUT2D eigenvalue weighted by Gasteiger charge is -2.19. The molecule has 10 heavy (non-hydrogen) atoms. The largest absolute Gasteiger partial charge is 0.516 e. The first-order valence-corrected chi connectivity index (χ1v) is 3.50. The topological polar surface area (TPSA) is 20.2 Å². The Hall–Kier alpha value is -0.720. The smallest absolute Gasteiger partial charge is 0.0794 e. The lowest BCUT2D eigenvalue weighted by molar-refractivity contribution is 0.464. The maximum Gasteiger partial charge on any atom is 0.0794 e. The summed E-state index contributed by atoms with van der Waals surface area (Å²) < 4.78 is 0. The van der Waals surface area contributed by atoms with Crippen molar-refractivity contribution in [3.8, 4) is 0 Å². The van der Waals surface area contributed by atoms with Crippen LogP contribution in [0.1, 0.15) is 27.7 Å². The monoisotopic (exact) mass is 140 g/mol. The molecular formula is C9H16O. The van der Waals surface area contributed by atoms with Crippen LogP contribution in [0.5, 0.6) is 0 Å². The van der Waals surface area contributed by atoms with Gasteiger partial charge < -0.3 is 5.11 Å². The molecule has 1 nitrogen and oxygen atoms in total. The van der Waals surface area contributed by atoms with Crippen LogP contribution in [0.3, 0.4) is 0 Å². The van der Waals surface area contributed by atoms with Gasteiger partial charge in [0.25, 0.3) is 0 Å². The number of allylic oxidation sites excluding steroid dienone is 3. The summed E-state index contributed by atoms with van der Waals surface area (Å²) in [5, 5.41) is 8.51. The first-order chi connectivity index (χ1) is 4.52. The van der Waals surface area contributed by atoms with E-state index in [4.69, 9.17) is 5.11 Å². The van der Waals surface area contributed by atoms with E-state index >= 15 is 0 Å². The lowest BCUT2D eigenvalue weighted by Crippen LogP contribution is -2.06. The number of hydrogen-bond donors (Lipinski definition) is 1. The van der Waals surface area contributed by atoms with E-state index in [2.05, 4.69) is 20.8 Å². The molecule has 0 aliphatic rings. The van der Waals surface area contributed by atoms with Crippen LogP contribution in [-0.4, -0.2) is 5.11 Å². The van der Waals surface area contributed by atoms with Crippen molar-refractivity contribution in [1.29, 1.82) is 0 Å². The molecule has 0 amide bonds. The van der Waals surface area contributed by atoms with E-state index in [1.165, 1.54) is 0 Å². The van der Waals surface area contributed by atoms with Crippen molar-refractivity contribution in [2.45, 2.75) is 27.7 Å². The molecule has 0 bridgehead atoms. The maximum atomic E-state index is 8.51.